The van der Waals surface area contributed by atoms with Gasteiger partial charge in [0.05, 0.1) is 13.1 Å². The Hall–Kier alpha value is -1.10. The van der Waals surface area contributed by atoms with Crippen molar-refractivity contribution in [1.29, 1.82) is 0 Å². The van der Waals surface area contributed by atoms with Crippen molar-refractivity contribution in [1.82, 2.24) is 9.80 Å². The van der Waals surface area contributed by atoms with E-state index >= 15 is 0 Å². The van der Waals surface area contributed by atoms with Gasteiger partial charge in [0.25, 0.3) is 0 Å². The maximum atomic E-state index is 12.5. The summed E-state index contributed by atoms with van der Waals surface area (Å²) < 4.78 is 0. The highest BCUT2D eigenvalue weighted by Gasteiger charge is 2.26. The van der Waals surface area contributed by atoms with E-state index in [4.69, 9.17) is 5.73 Å². The number of likely N-dealkylation sites (N-methyl/N-ethyl adjacent to an activating group) is 1. The van der Waals surface area contributed by atoms with E-state index in [1.165, 1.54) is 19.3 Å². The first kappa shape index (κ1) is 17.0. The summed E-state index contributed by atoms with van der Waals surface area (Å²) in [7, 11) is 0. The van der Waals surface area contributed by atoms with Crippen LogP contribution < -0.4 is 5.73 Å². The van der Waals surface area contributed by atoms with E-state index in [0.29, 0.717) is 6.04 Å². The topological polar surface area (TPSA) is 66.6 Å². The van der Waals surface area contributed by atoms with Gasteiger partial charge in [-0.05, 0) is 33.6 Å². The molecule has 0 aromatic rings. The van der Waals surface area contributed by atoms with Gasteiger partial charge in [-0.3, -0.25) is 14.5 Å². The third-order valence-electron chi connectivity index (χ3n) is 4.10. The Kier molecular flexibility index (Phi) is 6.99. The molecule has 0 aromatic heterocycles. The van der Waals surface area contributed by atoms with Crippen LogP contribution in [0.1, 0.15) is 52.9 Å². The minimum atomic E-state index is -0.382. The van der Waals surface area contributed by atoms with Crippen molar-refractivity contribution in [3.8, 4) is 0 Å². The zero-order valence-corrected chi connectivity index (χ0v) is 13.1. The van der Waals surface area contributed by atoms with Crippen LogP contribution in [0.15, 0.2) is 0 Å². The van der Waals surface area contributed by atoms with E-state index in [0.717, 1.165) is 19.4 Å². The van der Waals surface area contributed by atoms with Crippen LogP contribution in [0, 0.1) is 0 Å². The summed E-state index contributed by atoms with van der Waals surface area (Å²) >= 11 is 0. The van der Waals surface area contributed by atoms with E-state index in [9.17, 15) is 9.59 Å². The molecule has 1 saturated carbocycles. The molecule has 0 radical (unpaired) electrons. The average molecular weight is 283 g/mol. The fraction of sp³-hybridized carbons (Fsp3) is 0.867. The molecule has 0 aromatic carbocycles. The summed E-state index contributed by atoms with van der Waals surface area (Å²) in [5.41, 5.74) is 5.25. The van der Waals surface area contributed by atoms with E-state index in [1.807, 2.05) is 30.6 Å². The zero-order valence-electron chi connectivity index (χ0n) is 13.1. The lowest BCUT2D eigenvalue weighted by Gasteiger charge is -2.35. The number of primary amides is 1. The van der Waals surface area contributed by atoms with Crippen molar-refractivity contribution in [2.75, 3.05) is 19.6 Å². The molecule has 1 aliphatic carbocycles. The Labute approximate surface area is 122 Å². The number of carbonyl (C=O) groups excluding carboxylic acids is 2. The fourth-order valence-electron chi connectivity index (χ4n) is 2.92. The molecule has 2 amide bonds. The molecule has 0 atom stereocenters. The second kappa shape index (κ2) is 8.25. The van der Waals surface area contributed by atoms with Gasteiger partial charge in [-0.1, -0.05) is 19.3 Å². The summed E-state index contributed by atoms with van der Waals surface area (Å²) in [6, 6.07) is 0.514. The Bertz CT molecular complexity index is 325. The molecule has 1 fully saturated rings. The van der Waals surface area contributed by atoms with Crippen LogP contribution in [0.2, 0.25) is 0 Å². The molecule has 2 N–H and O–H groups in total. The van der Waals surface area contributed by atoms with Crippen LogP contribution >= 0.6 is 0 Å². The number of rotatable bonds is 7. The lowest BCUT2D eigenvalue weighted by molar-refractivity contribution is -0.136. The summed E-state index contributed by atoms with van der Waals surface area (Å²) in [4.78, 5) is 27.4. The number of hydrogen-bond donors (Lipinski definition) is 1. The molecule has 20 heavy (non-hydrogen) atoms. The van der Waals surface area contributed by atoms with Crippen LogP contribution in [-0.2, 0) is 9.59 Å². The summed E-state index contributed by atoms with van der Waals surface area (Å²) in [5.74, 6) is -0.262. The molecule has 0 unspecified atom stereocenters. The monoisotopic (exact) mass is 283 g/mol. The van der Waals surface area contributed by atoms with Crippen molar-refractivity contribution < 1.29 is 9.59 Å². The predicted molar refractivity (Wildman–Crippen MR) is 80.2 cm³/mol. The summed E-state index contributed by atoms with van der Waals surface area (Å²) in [5, 5.41) is 0. The second-order valence-corrected chi connectivity index (χ2v) is 5.94. The van der Waals surface area contributed by atoms with Crippen LogP contribution in [0.5, 0.6) is 0 Å². The maximum Gasteiger partial charge on any atom is 0.237 e. The van der Waals surface area contributed by atoms with Gasteiger partial charge in [-0.25, -0.2) is 0 Å². The van der Waals surface area contributed by atoms with Gasteiger partial charge in [0.1, 0.15) is 0 Å². The van der Waals surface area contributed by atoms with Crippen molar-refractivity contribution in [2.24, 2.45) is 5.73 Å². The number of carbonyl (C=O) groups is 2. The SMILES string of the molecule is CCN(C(=O)CN(CC(N)=O)C(C)C)C1CCCCC1. The largest absolute Gasteiger partial charge is 0.369 e. The van der Waals surface area contributed by atoms with E-state index in [2.05, 4.69) is 0 Å². The van der Waals surface area contributed by atoms with Gasteiger partial charge in [0.2, 0.25) is 11.8 Å². The molecular formula is C15H29N3O2. The highest BCUT2D eigenvalue weighted by atomic mass is 16.2. The fourth-order valence-corrected chi connectivity index (χ4v) is 2.92. The summed E-state index contributed by atoms with van der Waals surface area (Å²) in [6.45, 7) is 7.16. The molecule has 116 valence electrons. The van der Waals surface area contributed by atoms with Gasteiger partial charge < -0.3 is 10.6 Å². The first-order valence-electron chi connectivity index (χ1n) is 7.77. The number of amides is 2. The quantitative estimate of drug-likeness (QED) is 0.767. The Morgan fingerprint density at radius 2 is 1.75 bits per heavy atom. The van der Waals surface area contributed by atoms with Gasteiger partial charge in [-0.2, -0.15) is 0 Å². The second-order valence-electron chi connectivity index (χ2n) is 5.94. The van der Waals surface area contributed by atoms with E-state index in [1.54, 1.807) is 0 Å². The van der Waals surface area contributed by atoms with Gasteiger partial charge >= 0.3 is 0 Å². The lowest BCUT2D eigenvalue weighted by Crippen LogP contribution is -2.49. The number of nitrogens with two attached hydrogens (primary N) is 1. The standard InChI is InChI=1S/C15H29N3O2/c1-4-18(13-8-6-5-7-9-13)15(20)11-17(12(2)3)10-14(16)19/h12-13H,4-11H2,1-3H3,(H2,16,19). The third-order valence-corrected chi connectivity index (χ3v) is 4.10. The molecule has 0 saturated heterocycles. The Morgan fingerprint density at radius 3 is 2.20 bits per heavy atom. The molecule has 5 heteroatoms. The van der Waals surface area contributed by atoms with E-state index in [-0.39, 0.29) is 30.9 Å². The molecule has 0 aliphatic heterocycles. The van der Waals surface area contributed by atoms with Crippen LogP contribution in [0.3, 0.4) is 0 Å². The van der Waals surface area contributed by atoms with Crippen molar-refractivity contribution in [2.45, 2.75) is 65.0 Å². The van der Waals surface area contributed by atoms with Gasteiger partial charge in [0, 0.05) is 18.6 Å². The first-order chi connectivity index (χ1) is 9.45. The molecule has 1 aliphatic rings. The smallest absolute Gasteiger partial charge is 0.237 e. The first-order valence-corrected chi connectivity index (χ1v) is 7.77. The average Bonchev–Trinajstić information content (AvgIpc) is 2.39. The highest BCUT2D eigenvalue weighted by molar-refractivity contribution is 5.80. The molecule has 0 spiro atoms. The highest BCUT2D eigenvalue weighted by Crippen LogP contribution is 2.22. The zero-order chi connectivity index (χ0) is 15.1. The molecule has 0 heterocycles. The normalized spacial score (nSPS) is 16.6. The van der Waals surface area contributed by atoms with Crippen molar-refractivity contribution >= 4 is 11.8 Å². The minimum absolute atomic E-state index is 0.120. The summed E-state index contributed by atoms with van der Waals surface area (Å²) in [6.07, 6.45) is 5.92. The molecule has 1 rings (SSSR count). The van der Waals surface area contributed by atoms with Gasteiger partial charge in [0.15, 0.2) is 0 Å². The maximum absolute atomic E-state index is 12.5. The van der Waals surface area contributed by atoms with Crippen LogP contribution in [0.4, 0.5) is 0 Å². The van der Waals surface area contributed by atoms with Gasteiger partial charge in [-0.15, -0.1) is 0 Å². The lowest BCUT2D eigenvalue weighted by atomic mass is 9.94. The molecule has 0 bridgehead atoms. The van der Waals surface area contributed by atoms with Crippen molar-refractivity contribution in [3.05, 3.63) is 0 Å². The minimum Gasteiger partial charge on any atom is -0.369 e. The number of hydrogen-bond acceptors (Lipinski definition) is 3. The van der Waals surface area contributed by atoms with Crippen LogP contribution in [0.25, 0.3) is 0 Å². The van der Waals surface area contributed by atoms with E-state index < -0.39 is 0 Å². The Morgan fingerprint density at radius 1 is 1.15 bits per heavy atom. The molecule has 5 nitrogen and oxygen atoms in total. The molecular weight excluding hydrogens is 254 g/mol. The number of nitrogens with zero attached hydrogens (tertiary/aromatic N) is 2. The predicted octanol–water partition coefficient (Wildman–Crippen LogP) is 1.36. The van der Waals surface area contributed by atoms with Crippen molar-refractivity contribution in [3.63, 3.8) is 0 Å². The van der Waals surface area contributed by atoms with Crippen LogP contribution in [-0.4, -0.2) is 53.3 Å². The Balaban J connectivity index is 2.62. The third kappa shape index (κ3) is 5.12.